The number of benzene rings is 1. The van der Waals surface area contributed by atoms with Crippen molar-refractivity contribution in [3.63, 3.8) is 0 Å². The van der Waals surface area contributed by atoms with E-state index in [1.165, 1.54) is 0 Å². The molecular weight excluding hydrogens is 363 g/mol. The van der Waals surface area contributed by atoms with Crippen LogP contribution in [0.2, 0.25) is 0 Å². The van der Waals surface area contributed by atoms with E-state index in [0.29, 0.717) is 30.8 Å². The van der Waals surface area contributed by atoms with Crippen LogP contribution in [0.4, 0.5) is 5.69 Å². The van der Waals surface area contributed by atoms with Gasteiger partial charge in [-0.2, -0.15) is 0 Å². The molecule has 8 heteroatoms. The summed E-state index contributed by atoms with van der Waals surface area (Å²) in [6.07, 6.45) is 4.34. The van der Waals surface area contributed by atoms with E-state index in [1.807, 2.05) is 25.1 Å². The van der Waals surface area contributed by atoms with E-state index in [1.54, 1.807) is 12.1 Å². The maximum Gasteiger partial charge on any atom is 0.248 e. The zero-order valence-electron chi connectivity index (χ0n) is 14.9. The number of rotatable bonds is 10. The van der Waals surface area contributed by atoms with Gasteiger partial charge in [0.05, 0.1) is 0 Å². The van der Waals surface area contributed by atoms with Crippen molar-refractivity contribution in [3.8, 4) is 0 Å². The van der Waals surface area contributed by atoms with Crippen LogP contribution < -0.4 is 16.8 Å². The molecule has 0 aliphatic heterocycles. The summed E-state index contributed by atoms with van der Waals surface area (Å²) >= 11 is 0. The lowest BCUT2D eigenvalue weighted by Gasteiger charge is -2.16. The van der Waals surface area contributed by atoms with Gasteiger partial charge in [-0.05, 0) is 51.2 Å². The first-order valence-electron chi connectivity index (χ1n) is 8.01. The standard InChI is InChI=1S/C17H28N4O2.2ClH/c1-21(2)12-14-9-8-13(17(19)23)11-15(14)20-16(22)7-5-3-4-6-10-18;;/h8-9,11H,3-7,10,12,18H2,1-2H3,(H2,19,23)(H,20,22);2*1H. The molecule has 0 saturated carbocycles. The van der Waals surface area contributed by atoms with Crippen LogP contribution in [-0.4, -0.2) is 37.4 Å². The molecule has 1 rings (SSSR count). The second-order valence-corrected chi connectivity index (χ2v) is 5.98. The number of primary amides is 1. The zero-order valence-corrected chi connectivity index (χ0v) is 16.5. The Morgan fingerprint density at radius 2 is 1.72 bits per heavy atom. The summed E-state index contributed by atoms with van der Waals surface area (Å²) in [6, 6.07) is 5.16. The highest BCUT2D eigenvalue weighted by atomic mass is 35.5. The lowest BCUT2D eigenvalue weighted by Crippen LogP contribution is -2.18. The number of carbonyl (C=O) groups excluding carboxylic acids is 2. The van der Waals surface area contributed by atoms with Crippen molar-refractivity contribution in [2.75, 3.05) is 26.0 Å². The molecule has 144 valence electrons. The van der Waals surface area contributed by atoms with E-state index in [9.17, 15) is 9.59 Å². The average Bonchev–Trinajstić information content (AvgIpc) is 2.48. The van der Waals surface area contributed by atoms with Gasteiger partial charge in [0.2, 0.25) is 11.8 Å². The van der Waals surface area contributed by atoms with Gasteiger partial charge in [0.1, 0.15) is 0 Å². The Kier molecular flexibility index (Phi) is 14.4. The van der Waals surface area contributed by atoms with Crippen molar-refractivity contribution in [2.45, 2.75) is 38.6 Å². The fourth-order valence-corrected chi connectivity index (χ4v) is 2.32. The molecule has 0 radical (unpaired) electrons. The Balaban J connectivity index is 0. The number of carbonyl (C=O) groups is 2. The maximum atomic E-state index is 12.1. The van der Waals surface area contributed by atoms with E-state index < -0.39 is 5.91 Å². The van der Waals surface area contributed by atoms with Crippen LogP contribution >= 0.6 is 24.8 Å². The predicted molar refractivity (Wildman–Crippen MR) is 108 cm³/mol. The molecule has 2 amide bonds. The highest BCUT2D eigenvalue weighted by molar-refractivity contribution is 5.97. The number of nitrogens with two attached hydrogens (primary N) is 2. The molecule has 0 aromatic heterocycles. The largest absolute Gasteiger partial charge is 0.366 e. The van der Waals surface area contributed by atoms with E-state index in [4.69, 9.17) is 11.5 Å². The number of halogens is 2. The second kappa shape index (κ2) is 13.9. The number of hydrogen-bond donors (Lipinski definition) is 3. The topological polar surface area (TPSA) is 101 Å². The first kappa shape index (κ1) is 25.9. The fourth-order valence-electron chi connectivity index (χ4n) is 2.32. The van der Waals surface area contributed by atoms with Gasteiger partial charge >= 0.3 is 0 Å². The quantitative estimate of drug-likeness (QED) is 0.532. The molecular formula is C17H30Cl2N4O2. The Labute approximate surface area is 162 Å². The molecule has 6 nitrogen and oxygen atoms in total. The minimum absolute atomic E-state index is 0. The van der Waals surface area contributed by atoms with E-state index in [-0.39, 0.29) is 30.7 Å². The van der Waals surface area contributed by atoms with Crippen LogP contribution in [0.3, 0.4) is 0 Å². The number of amides is 2. The van der Waals surface area contributed by atoms with E-state index in [2.05, 4.69) is 5.32 Å². The summed E-state index contributed by atoms with van der Waals surface area (Å²) in [4.78, 5) is 25.4. The lowest BCUT2D eigenvalue weighted by atomic mass is 10.1. The molecule has 0 fully saturated rings. The number of anilines is 1. The Morgan fingerprint density at radius 3 is 2.28 bits per heavy atom. The van der Waals surface area contributed by atoms with Gasteiger partial charge in [-0.1, -0.05) is 18.9 Å². The predicted octanol–water partition coefficient (Wildman–Crippen LogP) is 2.54. The summed E-state index contributed by atoms with van der Waals surface area (Å²) in [7, 11) is 3.90. The van der Waals surface area contributed by atoms with Gasteiger partial charge in [-0.3, -0.25) is 9.59 Å². The molecule has 0 bridgehead atoms. The smallest absolute Gasteiger partial charge is 0.248 e. The van der Waals surface area contributed by atoms with Crippen molar-refractivity contribution >= 4 is 42.3 Å². The van der Waals surface area contributed by atoms with Crippen LogP contribution in [0.1, 0.15) is 48.0 Å². The van der Waals surface area contributed by atoms with Crippen LogP contribution in [-0.2, 0) is 11.3 Å². The first-order chi connectivity index (χ1) is 10.9. The summed E-state index contributed by atoms with van der Waals surface area (Å²) in [5.74, 6) is -0.543. The number of nitrogens with zero attached hydrogens (tertiary/aromatic N) is 1. The van der Waals surface area contributed by atoms with Gasteiger partial charge in [-0.25, -0.2) is 0 Å². The summed E-state index contributed by atoms with van der Waals surface area (Å²) < 4.78 is 0. The highest BCUT2D eigenvalue weighted by Crippen LogP contribution is 2.20. The minimum Gasteiger partial charge on any atom is -0.366 e. The number of unbranched alkanes of at least 4 members (excludes halogenated alkanes) is 3. The third-order valence-electron chi connectivity index (χ3n) is 3.51. The third-order valence-corrected chi connectivity index (χ3v) is 3.51. The molecule has 5 N–H and O–H groups in total. The van der Waals surface area contributed by atoms with Crippen molar-refractivity contribution in [1.82, 2.24) is 4.90 Å². The zero-order chi connectivity index (χ0) is 17.2. The summed E-state index contributed by atoms with van der Waals surface area (Å²) in [5, 5.41) is 2.90. The summed E-state index contributed by atoms with van der Waals surface area (Å²) in [5.41, 5.74) is 12.8. The maximum absolute atomic E-state index is 12.1. The van der Waals surface area contributed by atoms with Crippen LogP contribution in [0.5, 0.6) is 0 Å². The van der Waals surface area contributed by atoms with Crippen molar-refractivity contribution in [3.05, 3.63) is 29.3 Å². The normalized spacial score (nSPS) is 9.92. The minimum atomic E-state index is -0.501. The Hall–Kier alpha value is -1.34. The molecule has 0 aliphatic carbocycles. The van der Waals surface area contributed by atoms with E-state index >= 15 is 0 Å². The molecule has 0 unspecified atom stereocenters. The van der Waals surface area contributed by atoms with Gasteiger partial charge in [0.25, 0.3) is 0 Å². The number of nitrogens with one attached hydrogen (secondary N) is 1. The fraction of sp³-hybridized carbons (Fsp3) is 0.529. The van der Waals surface area contributed by atoms with Crippen LogP contribution in [0.15, 0.2) is 18.2 Å². The number of hydrogen-bond acceptors (Lipinski definition) is 4. The highest BCUT2D eigenvalue weighted by Gasteiger charge is 2.11. The molecule has 0 aliphatic rings. The van der Waals surface area contributed by atoms with Crippen LogP contribution in [0.25, 0.3) is 0 Å². The lowest BCUT2D eigenvalue weighted by molar-refractivity contribution is -0.116. The van der Waals surface area contributed by atoms with Crippen molar-refractivity contribution in [1.29, 1.82) is 0 Å². The van der Waals surface area contributed by atoms with Crippen LogP contribution in [0, 0.1) is 0 Å². The van der Waals surface area contributed by atoms with Crippen molar-refractivity contribution in [2.24, 2.45) is 11.5 Å². The van der Waals surface area contributed by atoms with Gasteiger partial charge in [0.15, 0.2) is 0 Å². The van der Waals surface area contributed by atoms with Gasteiger partial charge in [-0.15, -0.1) is 24.8 Å². The molecule has 0 heterocycles. The van der Waals surface area contributed by atoms with E-state index in [0.717, 1.165) is 31.2 Å². The monoisotopic (exact) mass is 392 g/mol. The molecule has 0 saturated heterocycles. The SMILES string of the molecule is CN(C)Cc1ccc(C(N)=O)cc1NC(=O)CCCCCCN.Cl.Cl. The van der Waals surface area contributed by atoms with Crippen molar-refractivity contribution < 1.29 is 9.59 Å². The Bertz CT molecular complexity index is 539. The third kappa shape index (κ3) is 10.3. The molecule has 0 spiro atoms. The first-order valence-corrected chi connectivity index (χ1v) is 8.01. The molecule has 0 atom stereocenters. The van der Waals surface area contributed by atoms with Gasteiger partial charge in [0, 0.05) is 24.2 Å². The van der Waals surface area contributed by atoms with Gasteiger partial charge < -0.3 is 21.7 Å². The Morgan fingerprint density at radius 1 is 1.08 bits per heavy atom. The molecule has 1 aromatic carbocycles. The molecule has 25 heavy (non-hydrogen) atoms. The summed E-state index contributed by atoms with van der Waals surface area (Å²) in [6.45, 7) is 1.37. The average molecular weight is 393 g/mol. The second-order valence-electron chi connectivity index (χ2n) is 5.98. The molecule has 1 aromatic rings.